The zero-order valence-electron chi connectivity index (χ0n) is 13.7. The van der Waals surface area contributed by atoms with Gasteiger partial charge < -0.3 is 9.84 Å². The van der Waals surface area contributed by atoms with Crippen molar-refractivity contribution < 1.29 is 23.1 Å². The lowest BCUT2D eigenvalue weighted by Gasteiger charge is -2.13. The molecule has 0 radical (unpaired) electrons. The second kappa shape index (κ2) is 8.21. The number of aliphatic hydroxyl groups is 1. The highest BCUT2D eigenvalue weighted by Crippen LogP contribution is 2.21. The molecule has 2 heterocycles. The Morgan fingerprint density at radius 1 is 1.38 bits per heavy atom. The topological polar surface area (TPSA) is 156 Å². The summed E-state index contributed by atoms with van der Waals surface area (Å²) >= 11 is 5.56. The Morgan fingerprint density at radius 2 is 2.12 bits per heavy atom. The molecule has 11 nitrogen and oxygen atoms in total. The largest absolute Gasteiger partial charge is 0.467 e. The van der Waals surface area contributed by atoms with Gasteiger partial charge in [-0.05, 0) is 13.0 Å². The molecule has 1 atom stereocenters. The molecule has 0 saturated heterocycles. The number of hydrogen-bond donors (Lipinski definition) is 3. The van der Waals surface area contributed by atoms with Gasteiger partial charge in [0.05, 0.1) is 19.1 Å². The number of pyridine rings is 1. The van der Waals surface area contributed by atoms with Crippen molar-refractivity contribution in [3.63, 3.8) is 0 Å². The van der Waals surface area contributed by atoms with Gasteiger partial charge in [-0.1, -0.05) is 6.07 Å². The summed E-state index contributed by atoms with van der Waals surface area (Å²) in [6.45, 7) is 1.54. The number of halogens is 1. The number of aromatic nitrogens is 4. The van der Waals surface area contributed by atoms with Crippen molar-refractivity contribution >= 4 is 33.6 Å². The molecule has 2 aromatic heterocycles. The van der Waals surface area contributed by atoms with E-state index < -0.39 is 27.2 Å². The van der Waals surface area contributed by atoms with Gasteiger partial charge in [0.25, 0.3) is 10.0 Å². The second-order valence-corrected chi connectivity index (χ2v) is 6.73. The number of anilines is 1. The van der Waals surface area contributed by atoms with Crippen molar-refractivity contribution in [3.8, 4) is 6.01 Å². The van der Waals surface area contributed by atoms with Crippen molar-refractivity contribution in [2.45, 2.75) is 18.1 Å². The van der Waals surface area contributed by atoms with Gasteiger partial charge in [-0.2, -0.15) is 23.4 Å². The Kier molecular flexibility index (Phi) is 6.23. The maximum atomic E-state index is 12.4. The number of alkyl halides is 1. The summed E-state index contributed by atoms with van der Waals surface area (Å²) in [5.41, 5.74) is -0.0412. The van der Waals surface area contributed by atoms with Gasteiger partial charge in [0.2, 0.25) is 5.95 Å². The lowest BCUT2D eigenvalue weighted by Crippen LogP contribution is -2.36. The van der Waals surface area contributed by atoms with E-state index in [1.807, 2.05) is 0 Å². The molecule has 2 aromatic rings. The first-order chi connectivity index (χ1) is 12.3. The highest BCUT2D eigenvalue weighted by molar-refractivity contribution is 7.90. The molecule has 26 heavy (non-hydrogen) atoms. The standard InChI is InChI=1S/C13H15ClN6O5S/c1-7-16-11(19-13(17-7)25-2)18-12(22)20-26(23,24)10-8(9(21)6-14)4-3-5-15-10/h3-5,9,21H,6H2,1-2H3,(H2,16,17,18,19,20,22). The third kappa shape index (κ3) is 4.74. The molecule has 0 bridgehead atoms. The highest BCUT2D eigenvalue weighted by Gasteiger charge is 2.26. The molecule has 0 saturated carbocycles. The number of nitrogens with one attached hydrogen (secondary N) is 2. The highest BCUT2D eigenvalue weighted by atomic mass is 35.5. The van der Waals surface area contributed by atoms with Crippen LogP contribution in [0.15, 0.2) is 23.4 Å². The Bertz CT molecular complexity index is 910. The first kappa shape index (κ1) is 19.8. The summed E-state index contributed by atoms with van der Waals surface area (Å²) < 4.78 is 31.4. The average molecular weight is 403 g/mol. The van der Waals surface area contributed by atoms with Gasteiger partial charge >= 0.3 is 12.0 Å². The number of hydrogen-bond acceptors (Lipinski definition) is 9. The fourth-order valence-corrected chi connectivity index (χ4v) is 3.14. The van der Waals surface area contributed by atoms with E-state index in [0.29, 0.717) is 0 Å². The van der Waals surface area contributed by atoms with E-state index >= 15 is 0 Å². The van der Waals surface area contributed by atoms with Crippen LogP contribution in [0.2, 0.25) is 0 Å². The molecular weight excluding hydrogens is 388 g/mol. The average Bonchev–Trinajstić information content (AvgIpc) is 2.59. The summed E-state index contributed by atoms with van der Waals surface area (Å²) in [6.07, 6.45) is -0.0626. The first-order valence-electron chi connectivity index (χ1n) is 7.06. The minimum Gasteiger partial charge on any atom is -0.467 e. The van der Waals surface area contributed by atoms with E-state index in [0.717, 1.165) is 0 Å². The number of carbonyl (C=O) groups is 1. The Labute approximate surface area is 153 Å². The van der Waals surface area contributed by atoms with Crippen LogP contribution in [0.5, 0.6) is 6.01 Å². The number of urea groups is 1. The van der Waals surface area contributed by atoms with Crippen molar-refractivity contribution in [2.75, 3.05) is 18.3 Å². The SMILES string of the molecule is COc1nc(C)nc(NC(=O)NS(=O)(=O)c2ncccc2C(O)CCl)n1. The lowest BCUT2D eigenvalue weighted by molar-refractivity contribution is 0.198. The molecule has 3 N–H and O–H groups in total. The van der Waals surface area contributed by atoms with Crippen molar-refractivity contribution in [1.82, 2.24) is 24.7 Å². The van der Waals surface area contributed by atoms with Crippen LogP contribution in [0.1, 0.15) is 17.5 Å². The smallest absolute Gasteiger partial charge is 0.335 e. The molecule has 140 valence electrons. The summed E-state index contributed by atoms with van der Waals surface area (Å²) in [4.78, 5) is 27.2. The van der Waals surface area contributed by atoms with Gasteiger partial charge in [-0.3, -0.25) is 5.32 Å². The zero-order chi connectivity index (χ0) is 19.3. The predicted molar refractivity (Wildman–Crippen MR) is 90.4 cm³/mol. The number of rotatable bonds is 6. The van der Waals surface area contributed by atoms with Gasteiger partial charge in [-0.15, -0.1) is 11.6 Å². The molecular formula is C13H15ClN6O5S. The number of ether oxygens (including phenoxy) is 1. The van der Waals surface area contributed by atoms with Crippen LogP contribution < -0.4 is 14.8 Å². The molecule has 1 unspecified atom stereocenters. The van der Waals surface area contributed by atoms with Crippen LogP contribution in [0.3, 0.4) is 0 Å². The Balaban J connectivity index is 2.22. The van der Waals surface area contributed by atoms with Crippen molar-refractivity contribution in [3.05, 3.63) is 29.7 Å². The maximum absolute atomic E-state index is 12.4. The van der Waals surface area contributed by atoms with Crippen LogP contribution in [0, 0.1) is 6.92 Å². The number of aryl methyl sites for hydroxylation is 1. The van der Waals surface area contributed by atoms with Crippen molar-refractivity contribution in [2.24, 2.45) is 0 Å². The number of amides is 2. The van der Waals surface area contributed by atoms with E-state index in [2.05, 4.69) is 25.3 Å². The fraction of sp³-hybridized carbons (Fsp3) is 0.308. The molecule has 0 aliphatic heterocycles. The monoisotopic (exact) mass is 402 g/mol. The van der Waals surface area contributed by atoms with Crippen LogP contribution >= 0.6 is 11.6 Å². The van der Waals surface area contributed by atoms with Gasteiger partial charge in [0, 0.05) is 11.8 Å². The third-order valence-corrected chi connectivity index (χ3v) is 4.52. The van der Waals surface area contributed by atoms with Crippen LogP contribution in [-0.4, -0.2) is 52.5 Å². The number of methoxy groups -OCH3 is 1. The van der Waals surface area contributed by atoms with Gasteiger partial charge in [0.15, 0.2) is 5.03 Å². The summed E-state index contributed by atoms with van der Waals surface area (Å²) in [5.74, 6) is -0.194. The lowest BCUT2D eigenvalue weighted by atomic mass is 10.2. The van der Waals surface area contributed by atoms with Crippen LogP contribution in [-0.2, 0) is 10.0 Å². The summed E-state index contributed by atoms with van der Waals surface area (Å²) in [5, 5.41) is 11.5. The fourth-order valence-electron chi connectivity index (χ4n) is 1.87. The molecule has 0 spiro atoms. The number of aliphatic hydroxyl groups excluding tert-OH is 1. The first-order valence-corrected chi connectivity index (χ1v) is 9.08. The molecule has 13 heteroatoms. The van der Waals surface area contributed by atoms with Crippen LogP contribution in [0.25, 0.3) is 0 Å². The van der Waals surface area contributed by atoms with E-state index in [1.54, 1.807) is 4.72 Å². The van der Waals surface area contributed by atoms with E-state index in [-0.39, 0.29) is 29.2 Å². The molecule has 0 aliphatic carbocycles. The van der Waals surface area contributed by atoms with E-state index in [1.165, 1.54) is 32.4 Å². The van der Waals surface area contributed by atoms with Crippen molar-refractivity contribution in [1.29, 1.82) is 0 Å². The minimum atomic E-state index is -4.39. The Morgan fingerprint density at radius 3 is 2.77 bits per heavy atom. The zero-order valence-corrected chi connectivity index (χ0v) is 15.2. The normalized spacial score (nSPS) is 12.3. The molecule has 2 rings (SSSR count). The number of nitrogens with zero attached hydrogens (tertiary/aromatic N) is 4. The molecule has 0 aromatic carbocycles. The summed E-state index contributed by atoms with van der Waals surface area (Å²) in [6, 6.07) is 1.60. The Hall–Kier alpha value is -2.57. The number of sulfonamides is 1. The maximum Gasteiger partial charge on any atom is 0.335 e. The third-order valence-electron chi connectivity index (χ3n) is 2.92. The molecule has 0 aliphatic rings. The quantitative estimate of drug-likeness (QED) is 0.580. The molecule has 0 fully saturated rings. The van der Waals surface area contributed by atoms with E-state index in [4.69, 9.17) is 16.3 Å². The minimum absolute atomic E-state index is 0.0412. The van der Waals surface area contributed by atoms with Crippen LogP contribution in [0.4, 0.5) is 10.7 Å². The predicted octanol–water partition coefficient (Wildman–Crippen LogP) is 0.366. The number of carbonyl (C=O) groups excluding carboxylic acids is 1. The van der Waals surface area contributed by atoms with E-state index in [9.17, 15) is 18.3 Å². The summed E-state index contributed by atoms with van der Waals surface area (Å²) in [7, 11) is -3.06. The second-order valence-electron chi connectivity index (χ2n) is 4.82. The molecule has 2 amide bonds. The van der Waals surface area contributed by atoms with Gasteiger partial charge in [-0.25, -0.2) is 14.5 Å². The van der Waals surface area contributed by atoms with Gasteiger partial charge in [0.1, 0.15) is 5.82 Å².